The fourth-order valence-electron chi connectivity index (χ4n) is 2.82. The van der Waals surface area contributed by atoms with Crippen molar-refractivity contribution in [2.45, 2.75) is 59.3 Å². The van der Waals surface area contributed by atoms with Crippen LogP contribution in [0, 0.1) is 5.92 Å². The van der Waals surface area contributed by atoms with E-state index in [1.165, 1.54) is 16.6 Å². The molecule has 4 nitrogen and oxygen atoms in total. The monoisotopic (exact) mass is 318 g/mol. The molecule has 0 amide bonds. The highest BCUT2D eigenvalue weighted by Crippen LogP contribution is 2.31. The fraction of sp³-hybridized carbons (Fsp3) is 0.579. The summed E-state index contributed by atoms with van der Waals surface area (Å²) < 4.78 is 7.87. The van der Waals surface area contributed by atoms with Gasteiger partial charge < -0.3 is 20.1 Å². The van der Waals surface area contributed by atoms with Crippen LogP contribution in [-0.4, -0.2) is 22.1 Å². The second-order valence-corrected chi connectivity index (χ2v) is 8.07. The highest BCUT2D eigenvalue weighted by molar-refractivity contribution is 5.84. The van der Waals surface area contributed by atoms with Gasteiger partial charge in [0, 0.05) is 34.2 Å². The molecule has 0 unspecified atom stereocenters. The third kappa shape index (κ3) is 4.49. The van der Waals surface area contributed by atoms with Gasteiger partial charge in [0.2, 0.25) is 0 Å². The molecule has 1 heterocycles. The number of nitrogens with two attached hydrogens (primary N) is 1. The van der Waals surface area contributed by atoms with E-state index in [1.54, 1.807) is 13.8 Å². The molecular formula is C19H30N2O2. The smallest absolute Gasteiger partial charge is 0.159 e. The number of hydrogen-bond donors (Lipinski definition) is 2. The van der Waals surface area contributed by atoms with E-state index in [0.29, 0.717) is 6.61 Å². The molecule has 23 heavy (non-hydrogen) atoms. The van der Waals surface area contributed by atoms with Gasteiger partial charge in [-0.3, -0.25) is 0 Å². The summed E-state index contributed by atoms with van der Waals surface area (Å²) in [6.45, 7) is 13.5. The van der Waals surface area contributed by atoms with Crippen molar-refractivity contribution in [3.05, 3.63) is 30.0 Å². The number of fused-ring (bicyclic) bond motifs is 1. The molecule has 1 aromatic carbocycles. The summed E-state index contributed by atoms with van der Waals surface area (Å²) in [4.78, 5) is 0. The Bertz CT molecular complexity index is 675. The van der Waals surface area contributed by atoms with Crippen molar-refractivity contribution in [2.75, 3.05) is 12.3 Å². The molecule has 3 N–H and O–H groups in total. The number of aromatic nitrogens is 1. The van der Waals surface area contributed by atoms with Gasteiger partial charge in [-0.25, -0.2) is 0 Å². The van der Waals surface area contributed by atoms with Crippen molar-refractivity contribution < 1.29 is 9.84 Å². The molecule has 0 aliphatic rings. The van der Waals surface area contributed by atoms with E-state index in [9.17, 15) is 5.11 Å². The molecule has 0 spiro atoms. The summed E-state index contributed by atoms with van der Waals surface area (Å²) in [5, 5.41) is 10.9. The standard InChI is InChI=1S/C19H30N2O2/c1-13(12-23-19(5,6)22)11-21-16-8-7-15(20)9-14(16)10-17(21)18(2,3)4/h7-10,13,22H,11-12,20H2,1-6H3/t13-/m1/s1. The molecule has 0 saturated carbocycles. The zero-order valence-corrected chi connectivity index (χ0v) is 15.2. The lowest BCUT2D eigenvalue weighted by atomic mass is 9.92. The normalized spacial score (nSPS) is 14.4. The Morgan fingerprint density at radius 2 is 1.83 bits per heavy atom. The molecule has 2 rings (SSSR count). The number of ether oxygens (including phenoxy) is 1. The van der Waals surface area contributed by atoms with Crippen molar-refractivity contribution >= 4 is 16.6 Å². The van der Waals surface area contributed by atoms with E-state index >= 15 is 0 Å². The van der Waals surface area contributed by atoms with Crippen molar-refractivity contribution in [2.24, 2.45) is 5.92 Å². The van der Waals surface area contributed by atoms with Crippen molar-refractivity contribution in [1.29, 1.82) is 0 Å². The van der Waals surface area contributed by atoms with Crippen LogP contribution < -0.4 is 5.73 Å². The quantitative estimate of drug-likeness (QED) is 0.649. The molecule has 0 radical (unpaired) electrons. The number of nitrogens with zero attached hydrogens (tertiary/aromatic N) is 1. The molecule has 0 bridgehead atoms. The van der Waals surface area contributed by atoms with Gasteiger partial charge in [-0.1, -0.05) is 27.7 Å². The Labute approximate surface area is 139 Å². The molecule has 1 atom stereocenters. The van der Waals surface area contributed by atoms with E-state index in [0.717, 1.165) is 12.2 Å². The highest BCUT2D eigenvalue weighted by Gasteiger charge is 2.22. The maximum Gasteiger partial charge on any atom is 0.159 e. The van der Waals surface area contributed by atoms with Gasteiger partial charge >= 0.3 is 0 Å². The number of nitrogen functional groups attached to an aromatic ring is 1. The van der Waals surface area contributed by atoms with Crippen LogP contribution in [-0.2, 0) is 16.7 Å². The molecular weight excluding hydrogens is 288 g/mol. The predicted molar refractivity (Wildman–Crippen MR) is 96.5 cm³/mol. The van der Waals surface area contributed by atoms with E-state index in [-0.39, 0.29) is 11.3 Å². The first-order valence-electron chi connectivity index (χ1n) is 8.23. The summed E-state index contributed by atoms with van der Waals surface area (Å²) in [6.07, 6.45) is 0. The average molecular weight is 318 g/mol. The number of anilines is 1. The summed E-state index contributed by atoms with van der Waals surface area (Å²) >= 11 is 0. The highest BCUT2D eigenvalue weighted by atomic mass is 16.6. The fourth-order valence-corrected chi connectivity index (χ4v) is 2.82. The second kappa shape index (κ2) is 6.17. The second-order valence-electron chi connectivity index (χ2n) is 8.07. The zero-order chi connectivity index (χ0) is 17.4. The topological polar surface area (TPSA) is 60.4 Å². The Morgan fingerprint density at radius 1 is 1.17 bits per heavy atom. The maximum atomic E-state index is 9.74. The number of benzene rings is 1. The van der Waals surface area contributed by atoms with Crippen molar-refractivity contribution in [3.8, 4) is 0 Å². The lowest BCUT2D eigenvalue weighted by Gasteiger charge is -2.26. The molecule has 1 aromatic heterocycles. The van der Waals surface area contributed by atoms with Gasteiger partial charge in [-0.15, -0.1) is 0 Å². The van der Waals surface area contributed by atoms with Crippen LogP contribution >= 0.6 is 0 Å². The molecule has 2 aromatic rings. The van der Waals surface area contributed by atoms with Gasteiger partial charge in [0.15, 0.2) is 5.79 Å². The Balaban J connectivity index is 2.34. The third-order valence-corrected chi connectivity index (χ3v) is 3.91. The van der Waals surface area contributed by atoms with Gasteiger partial charge in [0.1, 0.15) is 0 Å². The van der Waals surface area contributed by atoms with Crippen LogP contribution in [0.4, 0.5) is 5.69 Å². The minimum atomic E-state index is -1.09. The molecule has 0 saturated heterocycles. The van der Waals surface area contributed by atoms with Crippen LogP contribution in [0.25, 0.3) is 10.9 Å². The van der Waals surface area contributed by atoms with E-state index in [1.807, 2.05) is 12.1 Å². The largest absolute Gasteiger partial charge is 0.399 e. The van der Waals surface area contributed by atoms with Crippen LogP contribution in [0.5, 0.6) is 0 Å². The molecule has 128 valence electrons. The third-order valence-electron chi connectivity index (χ3n) is 3.91. The van der Waals surface area contributed by atoms with Gasteiger partial charge in [0.25, 0.3) is 0 Å². The van der Waals surface area contributed by atoms with Crippen LogP contribution in [0.3, 0.4) is 0 Å². The Morgan fingerprint density at radius 3 is 2.39 bits per heavy atom. The minimum absolute atomic E-state index is 0.0462. The Hall–Kier alpha value is -1.52. The number of hydrogen-bond acceptors (Lipinski definition) is 3. The first-order chi connectivity index (χ1) is 10.5. The van der Waals surface area contributed by atoms with Gasteiger partial charge in [-0.05, 0) is 44.0 Å². The first kappa shape index (κ1) is 17.8. The SMILES string of the molecule is C[C@@H](COC(C)(C)O)Cn1c(C(C)(C)C)cc2cc(N)ccc21. The summed E-state index contributed by atoms with van der Waals surface area (Å²) in [5.74, 6) is -0.801. The lowest BCUT2D eigenvalue weighted by Crippen LogP contribution is -2.28. The molecule has 0 fully saturated rings. The van der Waals surface area contributed by atoms with E-state index in [4.69, 9.17) is 10.5 Å². The first-order valence-corrected chi connectivity index (χ1v) is 8.23. The van der Waals surface area contributed by atoms with Crippen molar-refractivity contribution in [3.63, 3.8) is 0 Å². The number of aliphatic hydroxyl groups is 1. The van der Waals surface area contributed by atoms with Gasteiger partial charge in [-0.2, -0.15) is 0 Å². The molecule has 0 aliphatic heterocycles. The summed E-state index contributed by atoms with van der Waals surface area (Å²) in [5.41, 5.74) is 9.24. The van der Waals surface area contributed by atoms with Crippen molar-refractivity contribution in [1.82, 2.24) is 4.57 Å². The Kier molecular flexibility index (Phi) is 4.79. The molecule has 4 heteroatoms. The summed E-state index contributed by atoms with van der Waals surface area (Å²) in [7, 11) is 0. The minimum Gasteiger partial charge on any atom is -0.399 e. The van der Waals surface area contributed by atoms with Crippen LogP contribution in [0.2, 0.25) is 0 Å². The lowest BCUT2D eigenvalue weighted by molar-refractivity contribution is -0.183. The zero-order valence-electron chi connectivity index (χ0n) is 15.2. The summed E-state index contributed by atoms with van der Waals surface area (Å²) in [6, 6.07) is 8.29. The van der Waals surface area contributed by atoms with E-state index < -0.39 is 5.79 Å². The van der Waals surface area contributed by atoms with Gasteiger partial charge in [0.05, 0.1) is 6.61 Å². The van der Waals surface area contributed by atoms with E-state index in [2.05, 4.69) is 44.4 Å². The maximum absolute atomic E-state index is 9.74. The van der Waals surface area contributed by atoms with Crippen LogP contribution in [0.15, 0.2) is 24.3 Å². The predicted octanol–water partition coefficient (Wildman–Crippen LogP) is 3.90. The molecule has 0 aliphatic carbocycles. The average Bonchev–Trinajstić information content (AvgIpc) is 2.73. The number of rotatable bonds is 5. The van der Waals surface area contributed by atoms with Crippen LogP contribution in [0.1, 0.15) is 47.2 Å².